The van der Waals surface area contributed by atoms with Gasteiger partial charge in [0.15, 0.2) is 0 Å². The third-order valence-corrected chi connectivity index (χ3v) is 6.27. The second-order valence-electron chi connectivity index (χ2n) is 7.29. The molecule has 0 radical (unpaired) electrons. The zero-order valence-corrected chi connectivity index (χ0v) is 15.2. The second kappa shape index (κ2) is 6.50. The highest BCUT2D eigenvalue weighted by molar-refractivity contribution is 7.86. The molecular formula is C17H25ClO3S. The minimum atomic E-state index is -3.71. The lowest BCUT2D eigenvalue weighted by Gasteiger charge is -2.40. The highest BCUT2D eigenvalue weighted by Crippen LogP contribution is 2.41. The predicted molar refractivity (Wildman–Crippen MR) is 89.7 cm³/mol. The predicted octanol–water partition coefficient (Wildman–Crippen LogP) is 4.52. The molecule has 5 heteroatoms. The molecule has 0 saturated heterocycles. The summed E-state index contributed by atoms with van der Waals surface area (Å²) >= 11 is 6.48. The van der Waals surface area contributed by atoms with Crippen molar-refractivity contribution in [3.05, 3.63) is 29.8 Å². The maximum atomic E-state index is 12.3. The van der Waals surface area contributed by atoms with Crippen molar-refractivity contribution in [1.29, 1.82) is 0 Å². The monoisotopic (exact) mass is 344 g/mol. The summed E-state index contributed by atoms with van der Waals surface area (Å²) in [6.07, 6.45) is 1.88. The lowest BCUT2D eigenvalue weighted by Crippen LogP contribution is -2.38. The molecule has 1 aliphatic rings. The molecule has 3 atom stereocenters. The smallest absolute Gasteiger partial charge is 0.263 e. The van der Waals surface area contributed by atoms with Gasteiger partial charge in [-0.1, -0.05) is 38.5 Å². The highest BCUT2D eigenvalue weighted by atomic mass is 35.5. The minimum absolute atomic E-state index is 0.0491. The first-order valence-corrected chi connectivity index (χ1v) is 9.58. The Morgan fingerprint density at radius 2 is 1.73 bits per heavy atom. The first-order valence-electron chi connectivity index (χ1n) is 7.73. The van der Waals surface area contributed by atoms with Crippen molar-refractivity contribution in [2.75, 3.05) is 0 Å². The van der Waals surface area contributed by atoms with Gasteiger partial charge in [-0.2, -0.15) is 8.42 Å². The first-order chi connectivity index (χ1) is 10.1. The van der Waals surface area contributed by atoms with Crippen molar-refractivity contribution in [3.8, 4) is 0 Å². The third kappa shape index (κ3) is 4.24. The van der Waals surface area contributed by atoms with Gasteiger partial charge in [-0.25, -0.2) is 0 Å². The normalized spacial score (nSPS) is 26.9. The van der Waals surface area contributed by atoms with E-state index < -0.39 is 10.1 Å². The average Bonchev–Trinajstić information content (AvgIpc) is 2.37. The van der Waals surface area contributed by atoms with E-state index in [9.17, 15) is 8.42 Å². The van der Waals surface area contributed by atoms with Crippen molar-refractivity contribution in [3.63, 3.8) is 0 Å². The van der Waals surface area contributed by atoms with Crippen LogP contribution in [0.4, 0.5) is 0 Å². The van der Waals surface area contributed by atoms with Crippen molar-refractivity contribution in [2.45, 2.75) is 63.3 Å². The van der Waals surface area contributed by atoms with Crippen LogP contribution in [-0.2, 0) is 14.3 Å². The van der Waals surface area contributed by atoms with Crippen LogP contribution in [0.25, 0.3) is 0 Å². The number of aryl methyl sites for hydroxylation is 1. The molecule has 1 aromatic rings. The van der Waals surface area contributed by atoms with Gasteiger partial charge in [-0.15, -0.1) is 11.6 Å². The summed E-state index contributed by atoms with van der Waals surface area (Å²) < 4.78 is 30.1. The zero-order chi connectivity index (χ0) is 16.5. The van der Waals surface area contributed by atoms with Gasteiger partial charge < -0.3 is 0 Å². The van der Waals surface area contributed by atoms with Crippen LogP contribution >= 0.6 is 11.6 Å². The molecule has 22 heavy (non-hydrogen) atoms. The van der Waals surface area contributed by atoms with E-state index in [0.717, 1.165) is 18.4 Å². The molecule has 2 rings (SSSR count). The van der Waals surface area contributed by atoms with Gasteiger partial charge in [0.05, 0.1) is 11.0 Å². The summed E-state index contributed by atoms with van der Waals surface area (Å²) in [5, 5.41) is -0.0491. The Morgan fingerprint density at radius 1 is 1.14 bits per heavy atom. The van der Waals surface area contributed by atoms with Gasteiger partial charge in [-0.05, 0) is 49.7 Å². The highest BCUT2D eigenvalue weighted by Gasteiger charge is 2.38. The molecule has 0 N–H and O–H groups in total. The number of hydrogen-bond acceptors (Lipinski definition) is 3. The van der Waals surface area contributed by atoms with E-state index >= 15 is 0 Å². The molecule has 0 heterocycles. The lowest BCUT2D eigenvalue weighted by atomic mass is 9.71. The summed E-state index contributed by atoms with van der Waals surface area (Å²) in [6, 6.07) is 6.72. The zero-order valence-electron chi connectivity index (χ0n) is 13.7. The molecule has 1 saturated carbocycles. The fraction of sp³-hybridized carbons (Fsp3) is 0.647. The summed E-state index contributed by atoms with van der Waals surface area (Å²) in [5.74, 6) is 0.385. The van der Waals surface area contributed by atoms with Gasteiger partial charge in [0.2, 0.25) is 0 Å². The second-order valence-corrected chi connectivity index (χ2v) is 9.42. The van der Waals surface area contributed by atoms with Crippen LogP contribution in [-0.4, -0.2) is 19.9 Å². The summed E-state index contributed by atoms with van der Waals surface area (Å²) in [5.41, 5.74) is 1.15. The van der Waals surface area contributed by atoms with E-state index in [0.29, 0.717) is 12.3 Å². The van der Waals surface area contributed by atoms with Crippen LogP contribution in [0.1, 0.15) is 45.6 Å². The van der Waals surface area contributed by atoms with Crippen LogP contribution in [0.5, 0.6) is 0 Å². The standard InChI is InChI=1S/C17H25ClO3S/c1-12-5-8-14(9-6-12)22(19,20)21-13-7-10-15(16(18)11-13)17(2,3)4/h5-6,8-9,13,15-16H,7,10-11H2,1-4H3/t13-,15-,16+/m0/s1. The Labute approximate surface area is 139 Å². The number of halogens is 1. The topological polar surface area (TPSA) is 43.4 Å². The molecule has 1 aliphatic carbocycles. The fourth-order valence-electron chi connectivity index (χ4n) is 3.08. The number of rotatable bonds is 3. The van der Waals surface area contributed by atoms with Crippen LogP contribution in [0.3, 0.4) is 0 Å². The maximum Gasteiger partial charge on any atom is 0.297 e. The molecule has 1 aromatic carbocycles. The van der Waals surface area contributed by atoms with E-state index in [4.69, 9.17) is 15.8 Å². The Hall–Kier alpha value is -0.580. The van der Waals surface area contributed by atoms with Crippen LogP contribution < -0.4 is 0 Å². The van der Waals surface area contributed by atoms with Crippen LogP contribution in [0.15, 0.2) is 29.2 Å². The van der Waals surface area contributed by atoms with E-state index in [-0.39, 0.29) is 21.8 Å². The Bertz CT molecular complexity index is 602. The SMILES string of the molecule is Cc1ccc(S(=O)(=O)O[C@H]2CC[C@H](C(C)(C)C)[C@H](Cl)C2)cc1. The summed E-state index contributed by atoms with van der Waals surface area (Å²) in [7, 11) is -3.71. The molecule has 0 aromatic heterocycles. The third-order valence-electron chi connectivity index (χ3n) is 4.41. The minimum Gasteiger partial charge on any atom is -0.263 e. The maximum absolute atomic E-state index is 12.3. The van der Waals surface area contributed by atoms with Crippen LogP contribution in [0, 0.1) is 18.3 Å². The first kappa shape index (κ1) is 17.8. The summed E-state index contributed by atoms with van der Waals surface area (Å²) in [6.45, 7) is 8.45. The van der Waals surface area contributed by atoms with E-state index in [2.05, 4.69) is 20.8 Å². The van der Waals surface area contributed by atoms with Gasteiger partial charge in [0.25, 0.3) is 10.1 Å². The molecule has 0 aliphatic heterocycles. The van der Waals surface area contributed by atoms with Crippen molar-refractivity contribution in [1.82, 2.24) is 0 Å². The molecule has 124 valence electrons. The number of alkyl halides is 1. The van der Waals surface area contributed by atoms with E-state index in [1.165, 1.54) is 0 Å². The van der Waals surface area contributed by atoms with E-state index in [1.54, 1.807) is 24.3 Å². The van der Waals surface area contributed by atoms with E-state index in [1.807, 2.05) is 6.92 Å². The Kier molecular flexibility index (Phi) is 5.25. The average molecular weight is 345 g/mol. The quantitative estimate of drug-likeness (QED) is 0.598. The lowest BCUT2D eigenvalue weighted by molar-refractivity contribution is 0.0962. The number of benzene rings is 1. The summed E-state index contributed by atoms with van der Waals surface area (Å²) in [4.78, 5) is 0.210. The Balaban J connectivity index is 2.04. The molecular weight excluding hydrogens is 320 g/mol. The molecule has 0 spiro atoms. The fourth-order valence-corrected chi connectivity index (χ4v) is 4.90. The van der Waals surface area contributed by atoms with Crippen molar-refractivity contribution < 1.29 is 12.6 Å². The molecule has 3 nitrogen and oxygen atoms in total. The molecule has 0 amide bonds. The Morgan fingerprint density at radius 3 is 2.23 bits per heavy atom. The molecule has 0 unspecified atom stereocenters. The van der Waals surface area contributed by atoms with Crippen molar-refractivity contribution in [2.24, 2.45) is 11.3 Å². The van der Waals surface area contributed by atoms with Gasteiger partial charge in [0, 0.05) is 5.38 Å². The van der Waals surface area contributed by atoms with Gasteiger partial charge >= 0.3 is 0 Å². The number of hydrogen-bond donors (Lipinski definition) is 0. The molecule has 0 bridgehead atoms. The van der Waals surface area contributed by atoms with Crippen LogP contribution in [0.2, 0.25) is 0 Å². The van der Waals surface area contributed by atoms with Crippen molar-refractivity contribution >= 4 is 21.7 Å². The largest absolute Gasteiger partial charge is 0.297 e. The van der Waals surface area contributed by atoms with Gasteiger partial charge in [0.1, 0.15) is 0 Å². The molecule has 1 fully saturated rings. The van der Waals surface area contributed by atoms with Gasteiger partial charge in [-0.3, -0.25) is 4.18 Å².